The van der Waals surface area contributed by atoms with Gasteiger partial charge in [0.25, 0.3) is 0 Å². The monoisotopic (exact) mass is 199 g/mol. The first-order valence-electron chi connectivity index (χ1n) is 5.34. The van der Waals surface area contributed by atoms with Gasteiger partial charge in [-0.1, -0.05) is 0 Å². The van der Waals surface area contributed by atoms with Crippen molar-refractivity contribution in [2.24, 2.45) is 0 Å². The molecule has 0 aromatic heterocycles. The minimum absolute atomic E-state index is 0.0866. The van der Waals surface area contributed by atoms with E-state index in [4.69, 9.17) is 0 Å². The molecule has 0 bridgehead atoms. The molecule has 1 fully saturated rings. The third-order valence-corrected chi connectivity index (χ3v) is 2.73. The van der Waals surface area contributed by atoms with Crippen LogP contribution < -0.4 is 10.6 Å². The van der Waals surface area contributed by atoms with Crippen LogP contribution in [0, 0.1) is 0 Å². The van der Waals surface area contributed by atoms with Gasteiger partial charge in [0, 0.05) is 25.8 Å². The number of rotatable bonds is 1. The van der Waals surface area contributed by atoms with E-state index in [1.165, 1.54) is 0 Å². The van der Waals surface area contributed by atoms with Crippen molar-refractivity contribution in [1.82, 2.24) is 5.32 Å². The number of carbonyl (C=O) groups is 1. The molecule has 0 atom stereocenters. The summed E-state index contributed by atoms with van der Waals surface area (Å²) in [7, 11) is 0. The molecule has 0 radical (unpaired) electrons. The van der Waals surface area contributed by atoms with Gasteiger partial charge < -0.3 is 10.6 Å². The van der Waals surface area contributed by atoms with Crippen LogP contribution in [0.15, 0.2) is 0 Å². The molecule has 0 unspecified atom stereocenters. The Hall–Kier alpha value is -0.570. The number of hydrogen-bond donors (Lipinski definition) is 2. The van der Waals surface area contributed by atoms with Crippen LogP contribution in [0.1, 0.15) is 47.5 Å². The highest BCUT2D eigenvalue weighted by Crippen LogP contribution is 2.21. The summed E-state index contributed by atoms with van der Waals surface area (Å²) < 4.78 is 0. The van der Waals surface area contributed by atoms with Gasteiger partial charge in [-0.05, 0) is 27.7 Å². The van der Waals surface area contributed by atoms with E-state index in [1.54, 1.807) is 6.92 Å². The molecular weight excluding hydrogens is 176 g/mol. The van der Waals surface area contributed by atoms with Crippen molar-refractivity contribution in [2.75, 3.05) is 0 Å². The van der Waals surface area contributed by atoms with E-state index in [-0.39, 0.29) is 17.0 Å². The highest BCUT2D eigenvalue weighted by Gasteiger charge is 2.41. The second-order valence-electron chi connectivity index (χ2n) is 5.93. The van der Waals surface area contributed by atoms with Crippen LogP contribution in [0.2, 0.25) is 0 Å². The van der Waals surface area contributed by atoms with Crippen molar-refractivity contribution >= 4 is 5.91 Å². The highest BCUT2D eigenvalue weighted by molar-refractivity contribution is 5.73. The number of nitrogens with one attached hydrogen (secondary N) is 1. The molecule has 3 nitrogen and oxygen atoms in total. The molecule has 14 heavy (non-hydrogen) atoms. The van der Waals surface area contributed by atoms with Crippen molar-refractivity contribution < 1.29 is 10.1 Å². The smallest absolute Gasteiger partial charge is 0.217 e. The zero-order valence-electron chi connectivity index (χ0n) is 9.98. The SMILES string of the molecule is CC(=O)NC1CC(C)(C)[NH2+]C(C)(C)C1. The number of carbonyl (C=O) groups excluding carboxylic acids is 1. The fourth-order valence-corrected chi connectivity index (χ4v) is 2.91. The Morgan fingerprint density at radius 1 is 1.21 bits per heavy atom. The summed E-state index contributed by atoms with van der Waals surface area (Å²) in [5, 5.41) is 5.45. The molecule has 1 amide bonds. The molecule has 0 spiro atoms. The fraction of sp³-hybridized carbons (Fsp3) is 0.909. The van der Waals surface area contributed by atoms with E-state index >= 15 is 0 Å². The van der Waals surface area contributed by atoms with Crippen LogP contribution in [0.3, 0.4) is 0 Å². The van der Waals surface area contributed by atoms with Crippen LogP contribution >= 0.6 is 0 Å². The highest BCUT2D eigenvalue weighted by atomic mass is 16.1. The molecule has 0 aliphatic carbocycles. The molecule has 1 aliphatic heterocycles. The first kappa shape index (κ1) is 11.5. The lowest BCUT2D eigenvalue weighted by molar-refractivity contribution is -0.787. The Balaban J connectivity index is 2.66. The average Bonchev–Trinajstić information content (AvgIpc) is 1.74. The molecule has 0 aromatic carbocycles. The van der Waals surface area contributed by atoms with Gasteiger partial charge >= 0.3 is 0 Å². The molecular formula is C11H23N2O+. The number of hydrogen-bond acceptors (Lipinski definition) is 1. The topological polar surface area (TPSA) is 45.7 Å². The summed E-state index contributed by atoms with van der Waals surface area (Å²) in [6.07, 6.45) is 2.10. The Bertz CT molecular complexity index is 217. The normalized spacial score (nSPS) is 25.8. The average molecular weight is 199 g/mol. The van der Waals surface area contributed by atoms with Crippen LogP contribution in [0.4, 0.5) is 0 Å². The lowest BCUT2D eigenvalue weighted by Crippen LogP contribution is -3.06. The second-order valence-corrected chi connectivity index (χ2v) is 5.93. The number of amides is 1. The number of quaternary nitrogens is 1. The molecule has 1 heterocycles. The van der Waals surface area contributed by atoms with Crippen LogP contribution in [-0.2, 0) is 4.79 Å². The zero-order chi connectivity index (χ0) is 11.0. The first-order chi connectivity index (χ1) is 6.20. The molecule has 82 valence electrons. The van der Waals surface area contributed by atoms with Gasteiger partial charge in [0.2, 0.25) is 5.91 Å². The van der Waals surface area contributed by atoms with E-state index in [0.717, 1.165) is 12.8 Å². The van der Waals surface area contributed by atoms with Crippen molar-refractivity contribution in [1.29, 1.82) is 0 Å². The lowest BCUT2D eigenvalue weighted by Gasteiger charge is -2.43. The Labute approximate surface area is 86.6 Å². The molecule has 1 aliphatic rings. The Morgan fingerprint density at radius 3 is 2.00 bits per heavy atom. The maximum absolute atomic E-state index is 11.0. The number of nitrogens with two attached hydrogens (primary N) is 1. The molecule has 1 rings (SSSR count). The molecule has 0 saturated carbocycles. The van der Waals surface area contributed by atoms with Crippen LogP contribution in [-0.4, -0.2) is 23.0 Å². The zero-order valence-corrected chi connectivity index (χ0v) is 9.98. The predicted octanol–water partition coefficient (Wildman–Crippen LogP) is 0.406. The number of piperidine rings is 1. The third-order valence-electron chi connectivity index (χ3n) is 2.73. The summed E-state index contributed by atoms with van der Waals surface area (Å²) in [6.45, 7) is 10.6. The van der Waals surface area contributed by atoms with E-state index in [0.29, 0.717) is 6.04 Å². The molecule has 3 heteroatoms. The first-order valence-corrected chi connectivity index (χ1v) is 5.34. The Kier molecular flexibility index (Phi) is 2.91. The van der Waals surface area contributed by atoms with Crippen molar-refractivity contribution in [3.63, 3.8) is 0 Å². The van der Waals surface area contributed by atoms with Gasteiger partial charge in [0.15, 0.2) is 0 Å². The van der Waals surface area contributed by atoms with Gasteiger partial charge in [-0.25, -0.2) is 0 Å². The fourth-order valence-electron chi connectivity index (χ4n) is 2.91. The summed E-state index contributed by atoms with van der Waals surface area (Å²) >= 11 is 0. The summed E-state index contributed by atoms with van der Waals surface area (Å²) in [5.74, 6) is 0.0866. The van der Waals surface area contributed by atoms with Crippen molar-refractivity contribution in [2.45, 2.75) is 64.6 Å². The molecule has 1 saturated heterocycles. The quantitative estimate of drug-likeness (QED) is 0.631. The maximum Gasteiger partial charge on any atom is 0.217 e. The third kappa shape index (κ3) is 3.29. The van der Waals surface area contributed by atoms with Crippen molar-refractivity contribution in [3.05, 3.63) is 0 Å². The van der Waals surface area contributed by atoms with Crippen LogP contribution in [0.25, 0.3) is 0 Å². The van der Waals surface area contributed by atoms with Gasteiger partial charge in [0.1, 0.15) is 0 Å². The van der Waals surface area contributed by atoms with Gasteiger partial charge in [-0.3, -0.25) is 4.79 Å². The minimum atomic E-state index is 0.0866. The summed E-state index contributed by atoms with van der Waals surface area (Å²) in [5.41, 5.74) is 0.462. The maximum atomic E-state index is 11.0. The van der Waals surface area contributed by atoms with E-state index in [2.05, 4.69) is 38.3 Å². The van der Waals surface area contributed by atoms with Gasteiger partial charge in [-0.15, -0.1) is 0 Å². The largest absolute Gasteiger partial charge is 0.353 e. The van der Waals surface area contributed by atoms with E-state index < -0.39 is 0 Å². The Morgan fingerprint density at radius 2 is 1.64 bits per heavy atom. The molecule has 0 aromatic rings. The standard InChI is InChI=1S/C11H22N2O/c1-8(14)12-9-6-10(2,3)13-11(4,5)7-9/h9,13H,6-7H2,1-5H3,(H,12,14)/p+1. The minimum Gasteiger partial charge on any atom is -0.353 e. The van der Waals surface area contributed by atoms with Gasteiger partial charge in [-0.2, -0.15) is 0 Å². The van der Waals surface area contributed by atoms with E-state index in [1.807, 2.05) is 0 Å². The van der Waals surface area contributed by atoms with Crippen molar-refractivity contribution in [3.8, 4) is 0 Å². The summed E-state index contributed by atoms with van der Waals surface area (Å²) in [4.78, 5) is 11.0. The summed E-state index contributed by atoms with van der Waals surface area (Å²) in [6, 6.07) is 0.336. The van der Waals surface area contributed by atoms with Gasteiger partial charge in [0.05, 0.1) is 11.1 Å². The second kappa shape index (κ2) is 3.54. The van der Waals surface area contributed by atoms with E-state index in [9.17, 15) is 4.79 Å². The molecule has 3 N–H and O–H groups in total. The predicted molar refractivity (Wildman–Crippen MR) is 56.9 cm³/mol. The van der Waals surface area contributed by atoms with Crippen LogP contribution in [0.5, 0.6) is 0 Å². The lowest BCUT2D eigenvalue weighted by atomic mass is 9.79.